The topological polar surface area (TPSA) is 37.4 Å². The van der Waals surface area contributed by atoms with E-state index < -0.39 is 10.0 Å². The number of nitrogens with zero attached hydrogens (tertiary/aromatic N) is 1. The second-order valence-corrected chi connectivity index (χ2v) is 7.63. The summed E-state index contributed by atoms with van der Waals surface area (Å²) in [6.45, 7) is 7.11. The molecule has 4 heteroatoms. The fourth-order valence-corrected chi connectivity index (χ4v) is 4.78. The lowest BCUT2D eigenvalue weighted by Crippen LogP contribution is -2.33. The van der Waals surface area contributed by atoms with Crippen LogP contribution in [0.5, 0.6) is 0 Å². The molecule has 0 unspecified atom stereocenters. The van der Waals surface area contributed by atoms with Gasteiger partial charge in [-0.05, 0) is 43.2 Å². The fraction of sp³-hybridized carbons (Fsp3) is 0.467. The minimum absolute atomic E-state index is 0.412. The predicted molar refractivity (Wildman–Crippen MR) is 75.2 cm³/mol. The van der Waals surface area contributed by atoms with E-state index in [-0.39, 0.29) is 0 Å². The Morgan fingerprint density at radius 1 is 1.26 bits per heavy atom. The maximum Gasteiger partial charge on any atom is 0.243 e. The van der Waals surface area contributed by atoms with Gasteiger partial charge in [0.05, 0.1) is 4.90 Å². The molecule has 19 heavy (non-hydrogen) atoms. The van der Waals surface area contributed by atoms with Gasteiger partial charge in [-0.15, -0.1) is 6.58 Å². The van der Waals surface area contributed by atoms with Gasteiger partial charge in [-0.1, -0.05) is 23.8 Å². The van der Waals surface area contributed by atoms with Crippen molar-refractivity contribution in [2.45, 2.75) is 18.2 Å². The van der Waals surface area contributed by atoms with E-state index in [0.717, 1.165) is 12.0 Å². The molecule has 1 aromatic rings. The van der Waals surface area contributed by atoms with Gasteiger partial charge in [0.15, 0.2) is 0 Å². The SMILES string of the molecule is C=C[C@H]1C[C@@H]2CN(S(=O)(=O)c3ccc(C)cc3)C[C@@H]21. The molecule has 0 N–H and O–H groups in total. The minimum atomic E-state index is -3.31. The highest BCUT2D eigenvalue weighted by atomic mass is 32.2. The largest absolute Gasteiger partial charge is 0.243 e. The van der Waals surface area contributed by atoms with Gasteiger partial charge in [0.1, 0.15) is 0 Å². The molecule has 1 aliphatic heterocycles. The summed E-state index contributed by atoms with van der Waals surface area (Å²) in [5, 5.41) is 0. The third-order valence-corrected chi connectivity index (χ3v) is 6.39. The van der Waals surface area contributed by atoms with E-state index in [1.165, 1.54) is 0 Å². The number of sulfonamides is 1. The lowest BCUT2D eigenvalue weighted by atomic mass is 9.67. The van der Waals surface area contributed by atoms with Crippen LogP contribution >= 0.6 is 0 Å². The molecule has 0 amide bonds. The first kappa shape index (κ1) is 12.9. The van der Waals surface area contributed by atoms with Gasteiger partial charge in [-0.25, -0.2) is 8.42 Å². The molecule has 1 heterocycles. The van der Waals surface area contributed by atoms with Crippen molar-refractivity contribution in [3.05, 3.63) is 42.5 Å². The van der Waals surface area contributed by atoms with Crippen LogP contribution in [0.1, 0.15) is 12.0 Å². The first-order chi connectivity index (χ1) is 9.02. The highest BCUT2D eigenvalue weighted by molar-refractivity contribution is 7.89. The molecule has 1 aliphatic carbocycles. The van der Waals surface area contributed by atoms with Crippen LogP contribution < -0.4 is 0 Å². The van der Waals surface area contributed by atoms with Crippen LogP contribution in [0.3, 0.4) is 0 Å². The summed E-state index contributed by atoms with van der Waals surface area (Å²) in [5.74, 6) is 1.52. The van der Waals surface area contributed by atoms with E-state index in [0.29, 0.717) is 35.7 Å². The van der Waals surface area contributed by atoms with Gasteiger partial charge in [-0.2, -0.15) is 4.31 Å². The average molecular weight is 277 g/mol. The lowest BCUT2D eigenvalue weighted by molar-refractivity contribution is 0.166. The van der Waals surface area contributed by atoms with Crippen LogP contribution in [0.4, 0.5) is 0 Å². The van der Waals surface area contributed by atoms with E-state index in [9.17, 15) is 8.42 Å². The summed E-state index contributed by atoms with van der Waals surface area (Å²) >= 11 is 0. The maximum atomic E-state index is 12.6. The smallest absolute Gasteiger partial charge is 0.207 e. The standard InChI is InChI=1S/C15H19NO2S/c1-3-12-8-13-9-16(10-15(12)13)19(17,18)14-6-4-11(2)5-7-14/h3-7,12-13,15H,1,8-10H2,2H3/t12-,13+,15+/m0/s1. The van der Waals surface area contributed by atoms with E-state index in [1.54, 1.807) is 16.4 Å². The molecular weight excluding hydrogens is 258 g/mol. The van der Waals surface area contributed by atoms with E-state index in [2.05, 4.69) is 6.58 Å². The summed E-state index contributed by atoms with van der Waals surface area (Å²) in [7, 11) is -3.31. The van der Waals surface area contributed by atoms with Crippen molar-refractivity contribution in [1.29, 1.82) is 0 Å². The molecule has 3 nitrogen and oxygen atoms in total. The van der Waals surface area contributed by atoms with Gasteiger partial charge in [0.2, 0.25) is 10.0 Å². The molecule has 0 spiro atoms. The molecule has 3 atom stereocenters. The first-order valence-corrected chi connectivity index (χ1v) is 8.16. The predicted octanol–water partition coefficient (Wildman–Crippen LogP) is 2.44. The Labute approximate surface area is 115 Å². The Kier molecular flexibility index (Phi) is 3.02. The molecule has 3 rings (SSSR count). The van der Waals surface area contributed by atoms with Gasteiger partial charge < -0.3 is 0 Å². The van der Waals surface area contributed by atoms with Crippen LogP contribution in [0.2, 0.25) is 0 Å². The van der Waals surface area contributed by atoms with Crippen molar-refractivity contribution < 1.29 is 8.42 Å². The van der Waals surface area contributed by atoms with Gasteiger partial charge in [0.25, 0.3) is 0 Å². The number of benzene rings is 1. The molecular formula is C15H19NO2S. The highest BCUT2D eigenvalue weighted by Crippen LogP contribution is 2.47. The number of rotatable bonds is 3. The van der Waals surface area contributed by atoms with Crippen LogP contribution in [0.15, 0.2) is 41.8 Å². The van der Waals surface area contributed by atoms with E-state index in [4.69, 9.17) is 0 Å². The fourth-order valence-electron chi connectivity index (χ4n) is 3.25. The minimum Gasteiger partial charge on any atom is -0.207 e. The van der Waals surface area contributed by atoms with E-state index in [1.807, 2.05) is 25.1 Å². The number of fused-ring (bicyclic) bond motifs is 1. The molecule has 0 bridgehead atoms. The molecule has 2 fully saturated rings. The Bertz CT molecular complexity index is 591. The molecule has 1 saturated heterocycles. The second kappa shape index (κ2) is 4.46. The van der Waals surface area contributed by atoms with Crippen molar-refractivity contribution in [3.63, 3.8) is 0 Å². The zero-order valence-corrected chi connectivity index (χ0v) is 11.9. The Morgan fingerprint density at radius 3 is 2.58 bits per heavy atom. The normalized spacial score (nSPS) is 30.7. The monoisotopic (exact) mass is 277 g/mol. The third kappa shape index (κ3) is 2.03. The summed E-state index contributed by atoms with van der Waals surface area (Å²) in [6, 6.07) is 7.11. The molecule has 1 saturated carbocycles. The van der Waals surface area contributed by atoms with Gasteiger partial charge in [0, 0.05) is 13.1 Å². The summed E-state index contributed by atoms with van der Waals surface area (Å²) in [6.07, 6.45) is 3.07. The Morgan fingerprint density at radius 2 is 1.95 bits per heavy atom. The van der Waals surface area contributed by atoms with E-state index >= 15 is 0 Å². The summed E-state index contributed by atoms with van der Waals surface area (Å²) in [4.78, 5) is 0.412. The molecule has 1 aromatic carbocycles. The second-order valence-electron chi connectivity index (χ2n) is 5.69. The maximum absolute atomic E-state index is 12.6. The van der Waals surface area contributed by atoms with Crippen LogP contribution in [-0.4, -0.2) is 25.8 Å². The Balaban J connectivity index is 1.82. The van der Waals surface area contributed by atoms with Crippen molar-refractivity contribution in [1.82, 2.24) is 4.31 Å². The van der Waals surface area contributed by atoms with Crippen LogP contribution in [-0.2, 0) is 10.0 Å². The zero-order chi connectivity index (χ0) is 13.6. The van der Waals surface area contributed by atoms with Gasteiger partial charge in [-0.3, -0.25) is 0 Å². The first-order valence-electron chi connectivity index (χ1n) is 6.72. The number of hydrogen-bond acceptors (Lipinski definition) is 2. The van der Waals surface area contributed by atoms with Gasteiger partial charge >= 0.3 is 0 Å². The molecule has 0 radical (unpaired) electrons. The average Bonchev–Trinajstić information content (AvgIpc) is 2.69. The van der Waals surface area contributed by atoms with Crippen LogP contribution in [0, 0.1) is 24.7 Å². The summed E-state index contributed by atoms with van der Waals surface area (Å²) in [5.41, 5.74) is 1.08. The number of hydrogen-bond donors (Lipinski definition) is 0. The molecule has 2 aliphatic rings. The van der Waals surface area contributed by atoms with Crippen LogP contribution in [0.25, 0.3) is 0 Å². The van der Waals surface area contributed by atoms with Crippen molar-refractivity contribution in [2.75, 3.05) is 13.1 Å². The summed E-state index contributed by atoms with van der Waals surface area (Å²) < 4.78 is 26.8. The highest BCUT2D eigenvalue weighted by Gasteiger charge is 2.48. The third-order valence-electron chi connectivity index (χ3n) is 4.54. The van der Waals surface area contributed by atoms with Crippen molar-refractivity contribution in [2.24, 2.45) is 17.8 Å². The van der Waals surface area contributed by atoms with Crippen molar-refractivity contribution in [3.8, 4) is 0 Å². The number of allylic oxidation sites excluding steroid dienone is 1. The van der Waals surface area contributed by atoms with Crippen molar-refractivity contribution >= 4 is 10.0 Å². The zero-order valence-electron chi connectivity index (χ0n) is 11.1. The lowest BCUT2D eigenvalue weighted by Gasteiger charge is -2.37. The number of aryl methyl sites for hydroxylation is 1. The Hall–Kier alpha value is -1.13. The molecule has 102 valence electrons. The molecule has 0 aromatic heterocycles. The quantitative estimate of drug-likeness (QED) is 0.796.